The molecule has 7 heteroatoms. The highest BCUT2D eigenvalue weighted by Crippen LogP contribution is 2.02. The summed E-state index contributed by atoms with van der Waals surface area (Å²) in [5.74, 6) is -0.243. The summed E-state index contributed by atoms with van der Waals surface area (Å²) in [6.07, 6.45) is 2.41. The number of Topliss-reactive ketones (excluding diaryl/α,β-unsaturated/α-hetero) is 1. The van der Waals surface area contributed by atoms with Crippen LogP contribution < -0.4 is 4.72 Å². The third-order valence-corrected chi connectivity index (χ3v) is 2.66. The van der Waals surface area contributed by atoms with Crippen LogP contribution in [0.2, 0.25) is 0 Å². The minimum absolute atomic E-state index is 0.0220. The van der Waals surface area contributed by atoms with Crippen LogP contribution in [0.5, 0.6) is 0 Å². The smallest absolute Gasteiger partial charge is 0.244 e. The maximum Gasteiger partial charge on any atom is 0.244 e. The average Bonchev–Trinajstić information content (AvgIpc) is 2.53. The first-order chi connectivity index (χ1) is 6.02. The maximum atomic E-state index is 11.3. The summed E-state index contributed by atoms with van der Waals surface area (Å²) in [5, 5.41) is 5.86. The van der Waals surface area contributed by atoms with Gasteiger partial charge in [0.1, 0.15) is 10.7 Å². The fourth-order valence-electron chi connectivity index (χ4n) is 0.666. The number of ketones is 1. The van der Waals surface area contributed by atoms with Gasteiger partial charge in [0.2, 0.25) is 10.0 Å². The van der Waals surface area contributed by atoms with Gasteiger partial charge in [-0.2, -0.15) is 5.10 Å². The molecule has 13 heavy (non-hydrogen) atoms. The first kappa shape index (κ1) is 9.87. The van der Waals surface area contributed by atoms with E-state index >= 15 is 0 Å². The van der Waals surface area contributed by atoms with E-state index in [1.807, 2.05) is 0 Å². The first-order valence-corrected chi connectivity index (χ1v) is 4.98. The van der Waals surface area contributed by atoms with Gasteiger partial charge in [-0.25, -0.2) is 13.1 Å². The Bertz CT molecular complexity index is 381. The molecular formula is C6H9N3O3S. The predicted molar refractivity (Wildman–Crippen MR) is 44.5 cm³/mol. The Morgan fingerprint density at radius 3 is 2.85 bits per heavy atom. The van der Waals surface area contributed by atoms with Gasteiger partial charge >= 0.3 is 0 Å². The maximum absolute atomic E-state index is 11.3. The van der Waals surface area contributed by atoms with Gasteiger partial charge in [0.25, 0.3) is 0 Å². The lowest BCUT2D eigenvalue weighted by molar-refractivity contribution is -0.115. The molecule has 1 aromatic heterocycles. The number of carbonyl (C=O) groups is 1. The molecule has 0 saturated carbocycles. The summed E-state index contributed by atoms with van der Waals surface area (Å²) in [5.41, 5.74) is 0. The lowest BCUT2D eigenvalue weighted by atomic mass is 10.5. The highest BCUT2D eigenvalue weighted by molar-refractivity contribution is 7.89. The van der Waals surface area contributed by atoms with E-state index in [0.717, 1.165) is 0 Å². The van der Waals surface area contributed by atoms with E-state index in [-0.39, 0.29) is 17.2 Å². The number of aromatic nitrogens is 2. The Hall–Kier alpha value is -1.21. The van der Waals surface area contributed by atoms with Gasteiger partial charge in [-0.1, -0.05) is 0 Å². The molecule has 0 radical (unpaired) electrons. The van der Waals surface area contributed by atoms with E-state index < -0.39 is 10.0 Å². The Balaban J connectivity index is 2.74. The van der Waals surface area contributed by atoms with Crippen LogP contribution in [0.15, 0.2) is 17.3 Å². The molecule has 0 aromatic carbocycles. The van der Waals surface area contributed by atoms with Crippen molar-refractivity contribution in [2.75, 3.05) is 6.54 Å². The Morgan fingerprint density at radius 1 is 1.69 bits per heavy atom. The van der Waals surface area contributed by atoms with E-state index in [0.29, 0.717) is 0 Å². The molecule has 0 fully saturated rings. The molecular weight excluding hydrogens is 194 g/mol. The SMILES string of the molecule is CC(=O)CNS(=O)(=O)c1cn[nH]c1. The zero-order valence-corrected chi connectivity index (χ0v) is 7.76. The standard InChI is InChI=1S/C6H9N3O3S/c1-5(10)2-9-13(11,12)6-3-7-8-4-6/h3-4,9H,2H2,1H3,(H,7,8). The molecule has 0 spiro atoms. The molecule has 0 amide bonds. The molecule has 1 aromatic rings. The van der Waals surface area contributed by atoms with Crippen LogP contribution in [0.4, 0.5) is 0 Å². The van der Waals surface area contributed by atoms with Crippen molar-refractivity contribution >= 4 is 15.8 Å². The fraction of sp³-hybridized carbons (Fsp3) is 0.333. The number of sulfonamides is 1. The number of hydrogen-bond donors (Lipinski definition) is 2. The summed E-state index contributed by atoms with van der Waals surface area (Å²) in [4.78, 5) is 10.5. The molecule has 0 saturated heterocycles. The number of nitrogens with one attached hydrogen (secondary N) is 2. The summed E-state index contributed by atoms with van der Waals surface area (Å²) in [6.45, 7) is 1.10. The van der Waals surface area contributed by atoms with Crippen molar-refractivity contribution in [3.63, 3.8) is 0 Å². The molecule has 0 aliphatic carbocycles. The van der Waals surface area contributed by atoms with Crippen molar-refractivity contribution in [1.82, 2.24) is 14.9 Å². The van der Waals surface area contributed by atoms with E-state index in [4.69, 9.17) is 0 Å². The molecule has 1 heterocycles. The van der Waals surface area contributed by atoms with Gasteiger partial charge in [0.05, 0.1) is 12.7 Å². The number of aromatic amines is 1. The fourth-order valence-corrected chi connectivity index (χ4v) is 1.63. The third-order valence-electron chi connectivity index (χ3n) is 1.29. The second kappa shape index (κ2) is 3.67. The van der Waals surface area contributed by atoms with E-state index in [9.17, 15) is 13.2 Å². The van der Waals surface area contributed by atoms with Crippen molar-refractivity contribution < 1.29 is 13.2 Å². The molecule has 0 atom stereocenters. The highest BCUT2D eigenvalue weighted by atomic mass is 32.2. The van der Waals surface area contributed by atoms with Crippen LogP contribution in [0, 0.1) is 0 Å². The van der Waals surface area contributed by atoms with E-state index in [1.54, 1.807) is 0 Å². The first-order valence-electron chi connectivity index (χ1n) is 3.50. The molecule has 0 aliphatic rings. The van der Waals surface area contributed by atoms with Gasteiger partial charge in [0.15, 0.2) is 0 Å². The van der Waals surface area contributed by atoms with Gasteiger partial charge in [-0.15, -0.1) is 0 Å². The summed E-state index contributed by atoms with van der Waals surface area (Å²) in [6, 6.07) is 0. The van der Waals surface area contributed by atoms with Crippen LogP contribution in [0.25, 0.3) is 0 Å². The van der Waals surface area contributed by atoms with Crippen LogP contribution >= 0.6 is 0 Å². The van der Waals surface area contributed by atoms with Crippen LogP contribution in [0.1, 0.15) is 6.92 Å². The summed E-state index contributed by atoms with van der Waals surface area (Å²) in [7, 11) is -3.58. The van der Waals surface area contributed by atoms with Crippen molar-refractivity contribution in [2.45, 2.75) is 11.8 Å². The monoisotopic (exact) mass is 203 g/mol. The van der Waals surface area contributed by atoms with Gasteiger partial charge in [-0.3, -0.25) is 9.89 Å². The topological polar surface area (TPSA) is 91.9 Å². The second-order valence-electron chi connectivity index (χ2n) is 2.46. The van der Waals surface area contributed by atoms with E-state index in [2.05, 4.69) is 14.9 Å². The van der Waals surface area contributed by atoms with Crippen molar-refractivity contribution in [1.29, 1.82) is 0 Å². The highest BCUT2D eigenvalue weighted by Gasteiger charge is 2.14. The lowest BCUT2D eigenvalue weighted by Gasteiger charge is -2.00. The molecule has 0 bridgehead atoms. The Morgan fingerprint density at radius 2 is 2.38 bits per heavy atom. The summed E-state index contributed by atoms with van der Waals surface area (Å²) >= 11 is 0. The average molecular weight is 203 g/mol. The Labute approximate surface area is 75.4 Å². The lowest BCUT2D eigenvalue weighted by Crippen LogP contribution is -2.28. The number of carbonyl (C=O) groups excluding carboxylic acids is 1. The van der Waals surface area contributed by atoms with Gasteiger partial charge in [-0.05, 0) is 6.92 Å². The van der Waals surface area contributed by atoms with Crippen LogP contribution in [-0.4, -0.2) is 30.9 Å². The number of rotatable bonds is 4. The predicted octanol–water partition coefficient (Wildman–Crippen LogP) is -0.723. The quantitative estimate of drug-likeness (QED) is 0.675. The zero-order valence-electron chi connectivity index (χ0n) is 6.94. The largest absolute Gasteiger partial charge is 0.299 e. The Kier molecular flexibility index (Phi) is 2.79. The van der Waals surface area contributed by atoms with Gasteiger partial charge < -0.3 is 0 Å². The van der Waals surface area contributed by atoms with Gasteiger partial charge in [0, 0.05) is 6.20 Å². The number of nitrogens with zero attached hydrogens (tertiary/aromatic N) is 1. The third kappa shape index (κ3) is 2.63. The second-order valence-corrected chi connectivity index (χ2v) is 4.23. The molecule has 0 aliphatic heterocycles. The van der Waals surface area contributed by atoms with Crippen molar-refractivity contribution in [2.24, 2.45) is 0 Å². The molecule has 72 valence electrons. The minimum Gasteiger partial charge on any atom is -0.299 e. The normalized spacial score (nSPS) is 11.5. The number of hydrogen-bond acceptors (Lipinski definition) is 4. The summed E-state index contributed by atoms with van der Waals surface area (Å²) < 4.78 is 24.7. The van der Waals surface area contributed by atoms with E-state index in [1.165, 1.54) is 19.3 Å². The zero-order chi connectivity index (χ0) is 9.90. The molecule has 0 unspecified atom stereocenters. The molecule has 2 N–H and O–H groups in total. The molecule has 6 nitrogen and oxygen atoms in total. The van der Waals surface area contributed by atoms with Crippen LogP contribution in [-0.2, 0) is 14.8 Å². The molecule has 1 rings (SSSR count). The number of H-pyrrole nitrogens is 1. The van der Waals surface area contributed by atoms with Crippen molar-refractivity contribution in [3.05, 3.63) is 12.4 Å². The minimum atomic E-state index is -3.58. The van der Waals surface area contributed by atoms with Crippen molar-refractivity contribution in [3.8, 4) is 0 Å². The van der Waals surface area contributed by atoms with Crippen LogP contribution in [0.3, 0.4) is 0 Å².